The Hall–Kier alpha value is -0.0400. The van der Waals surface area contributed by atoms with E-state index in [2.05, 4.69) is 19.2 Å². The minimum atomic E-state index is 0.682. The van der Waals surface area contributed by atoms with Gasteiger partial charge in [-0.3, -0.25) is 0 Å². The van der Waals surface area contributed by atoms with Crippen molar-refractivity contribution in [2.75, 3.05) is 13.1 Å². The number of hydrogen-bond donors (Lipinski definition) is 1. The summed E-state index contributed by atoms with van der Waals surface area (Å²) in [5.41, 5.74) is 0.682. The molecule has 1 N–H and O–H groups in total. The summed E-state index contributed by atoms with van der Waals surface area (Å²) in [5.74, 6) is 1.84. The molecule has 0 aromatic heterocycles. The van der Waals surface area contributed by atoms with Gasteiger partial charge < -0.3 is 5.32 Å². The van der Waals surface area contributed by atoms with Crippen LogP contribution in [0.5, 0.6) is 0 Å². The molecule has 0 atom stereocenters. The average Bonchev–Trinajstić information content (AvgIpc) is 3.02. The fourth-order valence-electron chi connectivity index (χ4n) is 3.39. The van der Waals surface area contributed by atoms with E-state index in [9.17, 15) is 0 Å². The lowest BCUT2D eigenvalue weighted by Gasteiger charge is -2.24. The fraction of sp³-hybridized carbons (Fsp3) is 1.00. The van der Waals surface area contributed by atoms with Crippen LogP contribution in [-0.4, -0.2) is 13.1 Å². The van der Waals surface area contributed by atoms with Gasteiger partial charge in [-0.15, -0.1) is 0 Å². The minimum Gasteiger partial charge on any atom is -0.316 e. The maximum atomic E-state index is 3.79. The van der Waals surface area contributed by atoms with Crippen molar-refractivity contribution in [1.82, 2.24) is 5.32 Å². The molecule has 0 heterocycles. The molecule has 100 valence electrons. The van der Waals surface area contributed by atoms with Gasteiger partial charge in [0.2, 0.25) is 0 Å². The molecule has 2 fully saturated rings. The van der Waals surface area contributed by atoms with Gasteiger partial charge in [0, 0.05) is 6.54 Å². The lowest BCUT2D eigenvalue weighted by molar-refractivity contribution is 0.306. The highest BCUT2D eigenvalue weighted by atomic mass is 14.9. The third-order valence-corrected chi connectivity index (χ3v) is 5.25. The van der Waals surface area contributed by atoms with E-state index in [1.807, 2.05) is 0 Å². The summed E-state index contributed by atoms with van der Waals surface area (Å²) in [6, 6.07) is 0. The van der Waals surface area contributed by atoms with Crippen LogP contribution in [0.2, 0.25) is 0 Å². The predicted octanol–water partition coefficient (Wildman–Crippen LogP) is 4.37. The van der Waals surface area contributed by atoms with Crippen LogP contribution in [0.4, 0.5) is 0 Å². The summed E-state index contributed by atoms with van der Waals surface area (Å²) in [6.07, 6.45) is 13.3. The second kappa shape index (κ2) is 6.22. The minimum absolute atomic E-state index is 0.682. The molecule has 0 aliphatic heterocycles. The van der Waals surface area contributed by atoms with Gasteiger partial charge in [0.25, 0.3) is 0 Å². The highest BCUT2D eigenvalue weighted by Gasteiger charge is 2.44. The first-order valence-electron chi connectivity index (χ1n) is 7.94. The zero-order valence-electron chi connectivity index (χ0n) is 11.9. The Morgan fingerprint density at radius 2 is 1.59 bits per heavy atom. The molecular weight excluding hydrogens is 206 g/mol. The maximum Gasteiger partial charge on any atom is 0.00104 e. The number of hydrogen-bond acceptors (Lipinski definition) is 1. The van der Waals surface area contributed by atoms with Crippen molar-refractivity contribution in [2.24, 2.45) is 17.3 Å². The third kappa shape index (κ3) is 3.98. The topological polar surface area (TPSA) is 12.0 Å². The summed E-state index contributed by atoms with van der Waals surface area (Å²) in [4.78, 5) is 0. The lowest BCUT2D eigenvalue weighted by atomic mass is 9.90. The summed E-state index contributed by atoms with van der Waals surface area (Å²) < 4.78 is 0. The van der Waals surface area contributed by atoms with Crippen LogP contribution in [0, 0.1) is 17.3 Å². The molecule has 17 heavy (non-hydrogen) atoms. The van der Waals surface area contributed by atoms with Crippen molar-refractivity contribution < 1.29 is 0 Å². The van der Waals surface area contributed by atoms with E-state index in [4.69, 9.17) is 0 Å². The van der Waals surface area contributed by atoms with Crippen LogP contribution in [0.3, 0.4) is 0 Å². The molecule has 0 radical (unpaired) electrons. The monoisotopic (exact) mass is 237 g/mol. The SMILES string of the molecule is CC(C)C1(CNCC2CCCCCCC2)CC1. The van der Waals surface area contributed by atoms with Gasteiger partial charge in [0.1, 0.15) is 0 Å². The van der Waals surface area contributed by atoms with Gasteiger partial charge in [0.05, 0.1) is 0 Å². The van der Waals surface area contributed by atoms with E-state index in [1.165, 1.54) is 70.9 Å². The Morgan fingerprint density at radius 1 is 1.00 bits per heavy atom. The van der Waals surface area contributed by atoms with Gasteiger partial charge in [-0.2, -0.15) is 0 Å². The normalized spacial score (nSPS) is 25.6. The Kier molecular flexibility index (Phi) is 4.90. The van der Waals surface area contributed by atoms with Crippen LogP contribution < -0.4 is 5.32 Å². The van der Waals surface area contributed by atoms with Crippen molar-refractivity contribution in [3.05, 3.63) is 0 Å². The van der Waals surface area contributed by atoms with Gasteiger partial charge in [-0.05, 0) is 49.5 Å². The molecule has 0 aromatic carbocycles. The lowest BCUT2D eigenvalue weighted by Crippen LogP contribution is -2.31. The van der Waals surface area contributed by atoms with Crippen molar-refractivity contribution in [3.8, 4) is 0 Å². The second-order valence-corrected chi connectivity index (χ2v) is 6.86. The molecule has 1 heteroatoms. The fourth-order valence-corrected chi connectivity index (χ4v) is 3.39. The first-order valence-corrected chi connectivity index (χ1v) is 7.94. The maximum absolute atomic E-state index is 3.79. The molecule has 0 aromatic rings. The number of nitrogens with one attached hydrogen (secondary N) is 1. The summed E-state index contributed by atoms with van der Waals surface area (Å²) in [6.45, 7) is 7.35. The molecule has 1 nitrogen and oxygen atoms in total. The summed E-state index contributed by atoms with van der Waals surface area (Å²) >= 11 is 0. The molecular formula is C16H31N. The zero-order chi connectivity index (χ0) is 12.1. The molecule has 0 amide bonds. The van der Waals surface area contributed by atoms with Gasteiger partial charge in [-0.25, -0.2) is 0 Å². The van der Waals surface area contributed by atoms with Crippen molar-refractivity contribution in [1.29, 1.82) is 0 Å². The Balaban J connectivity index is 1.63. The van der Waals surface area contributed by atoms with E-state index >= 15 is 0 Å². The van der Waals surface area contributed by atoms with Crippen molar-refractivity contribution in [2.45, 2.75) is 71.6 Å². The number of rotatable bonds is 5. The Labute approximate surface area is 108 Å². The van der Waals surface area contributed by atoms with Crippen LogP contribution >= 0.6 is 0 Å². The predicted molar refractivity (Wildman–Crippen MR) is 75.2 cm³/mol. The summed E-state index contributed by atoms with van der Waals surface area (Å²) in [5, 5.41) is 3.79. The van der Waals surface area contributed by atoms with E-state index in [-0.39, 0.29) is 0 Å². The molecule has 0 saturated heterocycles. The second-order valence-electron chi connectivity index (χ2n) is 6.86. The first-order chi connectivity index (χ1) is 8.23. The zero-order valence-corrected chi connectivity index (χ0v) is 11.9. The van der Waals surface area contributed by atoms with Crippen molar-refractivity contribution >= 4 is 0 Å². The van der Waals surface area contributed by atoms with Gasteiger partial charge in [-0.1, -0.05) is 46.0 Å². The molecule has 2 aliphatic carbocycles. The molecule has 0 unspecified atom stereocenters. The van der Waals surface area contributed by atoms with Gasteiger partial charge >= 0.3 is 0 Å². The molecule has 2 rings (SSSR count). The molecule has 2 aliphatic rings. The molecule has 2 saturated carbocycles. The van der Waals surface area contributed by atoms with Crippen LogP contribution in [0.1, 0.15) is 71.6 Å². The van der Waals surface area contributed by atoms with E-state index < -0.39 is 0 Å². The quantitative estimate of drug-likeness (QED) is 0.748. The smallest absolute Gasteiger partial charge is 0.00104 e. The largest absolute Gasteiger partial charge is 0.316 e. The third-order valence-electron chi connectivity index (χ3n) is 5.25. The van der Waals surface area contributed by atoms with E-state index in [0.717, 1.165) is 11.8 Å². The summed E-state index contributed by atoms with van der Waals surface area (Å²) in [7, 11) is 0. The van der Waals surface area contributed by atoms with E-state index in [0.29, 0.717) is 5.41 Å². The highest BCUT2D eigenvalue weighted by molar-refractivity contribution is 4.97. The van der Waals surface area contributed by atoms with Crippen LogP contribution in [0.15, 0.2) is 0 Å². The average molecular weight is 237 g/mol. The molecule has 0 bridgehead atoms. The Bertz CT molecular complexity index is 210. The van der Waals surface area contributed by atoms with Crippen molar-refractivity contribution in [3.63, 3.8) is 0 Å². The van der Waals surface area contributed by atoms with Crippen LogP contribution in [-0.2, 0) is 0 Å². The van der Waals surface area contributed by atoms with Gasteiger partial charge in [0.15, 0.2) is 0 Å². The standard InChI is InChI=1S/C16H31N/c1-14(2)16(10-11-16)13-17-12-15-8-6-4-3-5-7-9-15/h14-15,17H,3-13H2,1-2H3. The highest BCUT2D eigenvalue weighted by Crippen LogP contribution is 2.51. The first kappa shape index (κ1) is 13.4. The van der Waals surface area contributed by atoms with Crippen LogP contribution in [0.25, 0.3) is 0 Å². The Morgan fingerprint density at radius 3 is 2.12 bits per heavy atom. The van der Waals surface area contributed by atoms with E-state index in [1.54, 1.807) is 0 Å². The molecule has 0 spiro atoms.